The van der Waals surface area contributed by atoms with E-state index in [-0.39, 0.29) is 18.4 Å². The van der Waals surface area contributed by atoms with Crippen LogP contribution >= 0.6 is 11.6 Å². The Bertz CT molecular complexity index is 862. The van der Waals surface area contributed by atoms with Gasteiger partial charge < -0.3 is 20.5 Å². The number of rotatable bonds is 6. The smallest absolute Gasteiger partial charge is 0.323 e. The van der Waals surface area contributed by atoms with Crippen LogP contribution in [0.15, 0.2) is 42.5 Å². The summed E-state index contributed by atoms with van der Waals surface area (Å²) < 4.78 is 5.23. The average molecular weight is 417 g/mol. The van der Waals surface area contributed by atoms with E-state index in [1.165, 1.54) is 12.7 Å². The highest BCUT2D eigenvalue weighted by Gasteiger charge is 2.24. The Morgan fingerprint density at radius 2 is 1.76 bits per heavy atom. The summed E-state index contributed by atoms with van der Waals surface area (Å²) in [5.74, 6) is 0.548. The maximum atomic E-state index is 12.3. The zero-order valence-electron chi connectivity index (χ0n) is 16.3. The molecule has 154 valence electrons. The molecule has 0 atom stereocenters. The van der Waals surface area contributed by atoms with Gasteiger partial charge in [0, 0.05) is 17.1 Å². The molecule has 1 saturated carbocycles. The highest BCUT2D eigenvalue weighted by atomic mass is 35.5. The molecule has 0 aliphatic heterocycles. The summed E-state index contributed by atoms with van der Waals surface area (Å²) in [6.07, 6.45) is 4.16. The Hall–Kier alpha value is -2.73. The first kappa shape index (κ1) is 21.0. The van der Waals surface area contributed by atoms with Gasteiger partial charge >= 0.3 is 12.0 Å². The molecule has 2 aromatic carbocycles. The van der Waals surface area contributed by atoms with Crippen molar-refractivity contribution in [2.24, 2.45) is 5.92 Å². The lowest BCUT2D eigenvalue weighted by molar-refractivity contribution is -0.138. The van der Waals surface area contributed by atoms with E-state index >= 15 is 0 Å². The average Bonchev–Trinajstić information content (AvgIpc) is 2.69. The van der Waals surface area contributed by atoms with E-state index in [4.69, 9.17) is 21.4 Å². The number of carbonyl (C=O) groups is 2. The first-order valence-electron chi connectivity index (χ1n) is 9.68. The minimum absolute atomic E-state index is 0.266. The van der Waals surface area contributed by atoms with Gasteiger partial charge in [0.2, 0.25) is 0 Å². The molecule has 2 amide bonds. The number of benzene rings is 2. The van der Waals surface area contributed by atoms with Crippen LogP contribution < -0.4 is 15.4 Å². The third kappa shape index (κ3) is 5.87. The number of carboxylic acids is 1. The Morgan fingerprint density at radius 3 is 2.38 bits per heavy atom. The number of urea groups is 1. The van der Waals surface area contributed by atoms with Crippen molar-refractivity contribution in [3.8, 4) is 5.75 Å². The molecule has 1 fully saturated rings. The normalized spacial score (nSPS) is 18.7. The van der Waals surface area contributed by atoms with Crippen LogP contribution in [-0.4, -0.2) is 24.2 Å². The number of carboxylic acid groups (broad SMARTS) is 1. The predicted molar refractivity (Wildman–Crippen MR) is 114 cm³/mol. The van der Waals surface area contributed by atoms with Gasteiger partial charge in [-0.3, -0.25) is 4.79 Å². The Balaban J connectivity index is 1.55. The number of methoxy groups -OCH3 is 1. The number of nitrogens with one attached hydrogen (secondary N) is 2. The lowest BCUT2D eigenvalue weighted by Gasteiger charge is -2.28. The molecule has 2 aromatic rings. The van der Waals surface area contributed by atoms with Crippen molar-refractivity contribution in [2.45, 2.75) is 38.0 Å². The molecule has 7 heteroatoms. The third-order valence-corrected chi connectivity index (χ3v) is 5.59. The fourth-order valence-corrected chi connectivity index (χ4v) is 4.02. The van der Waals surface area contributed by atoms with Gasteiger partial charge in [0.1, 0.15) is 5.75 Å². The summed E-state index contributed by atoms with van der Waals surface area (Å²) in [6.45, 7) is 0. The van der Waals surface area contributed by atoms with Crippen LogP contribution in [-0.2, 0) is 4.79 Å². The zero-order valence-corrected chi connectivity index (χ0v) is 17.0. The first-order valence-corrected chi connectivity index (χ1v) is 10.1. The van der Waals surface area contributed by atoms with E-state index in [0.717, 1.165) is 25.7 Å². The summed E-state index contributed by atoms with van der Waals surface area (Å²) in [7, 11) is 1.53. The number of anilines is 2. The molecule has 29 heavy (non-hydrogen) atoms. The molecule has 1 aliphatic carbocycles. The molecule has 3 rings (SSSR count). The standard InChI is InChI=1S/C22H25ClN2O4/c1-29-20-11-8-17(23)13-19(20)25-22(28)24-18-9-6-16(7-10-18)15-4-2-14(3-5-15)12-21(26)27/h6-11,13-15H,2-5,12H2,1H3,(H,26,27)(H2,24,25,28). The fraction of sp³-hybridized carbons (Fsp3) is 0.364. The second-order valence-corrected chi connectivity index (χ2v) is 7.80. The second kappa shape index (κ2) is 9.65. The molecule has 0 radical (unpaired) electrons. The zero-order chi connectivity index (χ0) is 20.8. The Morgan fingerprint density at radius 1 is 1.07 bits per heavy atom. The number of halogens is 1. The molecule has 3 N–H and O–H groups in total. The number of amides is 2. The molecular weight excluding hydrogens is 392 g/mol. The summed E-state index contributed by atoms with van der Waals surface area (Å²) in [4.78, 5) is 23.2. The molecule has 0 bridgehead atoms. The predicted octanol–water partition coefficient (Wildman–Crippen LogP) is 5.74. The molecule has 0 unspecified atom stereocenters. The van der Waals surface area contributed by atoms with Gasteiger partial charge in [0.05, 0.1) is 12.8 Å². The minimum Gasteiger partial charge on any atom is -0.495 e. The van der Waals surface area contributed by atoms with Crippen molar-refractivity contribution in [1.29, 1.82) is 0 Å². The maximum Gasteiger partial charge on any atom is 0.323 e. The number of aliphatic carboxylic acids is 1. The Labute approximate surface area is 175 Å². The number of hydrogen-bond acceptors (Lipinski definition) is 3. The van der Waals surface area contributed by atoms with Crippen LogP contribution in [0.4, 0.5) is 16.2 Å². The lowest BCUT2D eigenvalue weighted by atomic mass is 9.77. The molecular formula is C22H25ClN2O4. The molecule has 0 heterocycles. The second-order valence-electron chi connectivity index (χ2n) is 7.36. The summed E-state index contributed by atoms with van der Waals surface area (Å²) in [6, 6.07) is 12.4. The highest BCUT2D eigenvalue weighted by molar-refractivity contribution is 6.31. The fourth-order valence-electron chi connectivity index (χ4n) is 3.85. The van der Waals surface area contributed by atoms with Gasteiger partial charge in [0.15, 0.2) is 0 Å². The summed E-state index contributed by atoms with van der Waals surface area (Å²) in [5.41, 5.74) is 2.40. The number of hydrogen-bond donors (Lipinski definition) is 3. The third-order valence-electron chi connectivity index (χ3n) is 5.36. The van der Waals surface area contributed by atoms with Crippen LogP contribution in [0.25, 0.3) is 0 Å². The summed E-state index contributed by atoms with van der Waals surface area (Å²) in [5, 5.41) is 15.0. The molecule has 0 aromatic heterocycles. The van der Waals surface area contributed by atoms with Crippen molar-refractivity contribution >= 4 is 35.0 Å². The van der Waals surface area contributed by atoms with E-state index in [1.54, 1.807) is 18.2 Å². The van der Waals surface area contributed by atoms with Crippen LogP contribution in [0.1, 0.15) is 43.6 Å². The Kier molecular flexibility index (Phi) is 6.99. The van der Waals surface area contributed by atoms with E-state index in [9.17, 15) is 9.59 Å². The van der Waals surface area contributed by atoms with Gasteiger partial charge in [-0.15, -0.1) is 0 Å². The highest BCUT2D eigenvalue weighted by Crippen LogP contribution is 2.37. The van der Waals surface area contributed by atoms with Crippen molar-refractivity contribution < 1.29 is 19.4 Å². The van der Waals surface area contributed by atoms with Crippen molar-refractivity contribution in [1.82, 2.24) is 0 Å². The molecule has 1 aliphatic rings. The van der Waals surface area contributed by atoms with Gasteiger partial charge in [-0.1, -0.05) is 23.7 Å². The van der Waals surface area contributed by atoms with Gasteiger partial charge in [-0.25, -0.2) is 4.79 Å². The van der Waals surface area contributed by atoms with Crippen molar-refractivity contribution in [2.75, 3.05) is 17.7 Å². The molecule has 6 nitrogen and oxygen atoms in total. The van der Waals surface area contributed by atoms with Crippen LogP contribution in [0, 0.1) is 5.92 Å². The van der Waals surface area contributed by atoms with Crippen molar-refractivity contribution in [3.05, 3.63) is 53.1 Å². The van der Waals surface area contributed by atoms with Gasteiger partial charge in [0.25, 0.3) is 0 Å². The topological polar surface area (TPSA) is 87.7 Å². The monoisotopic (exact) mass is 416 g/mol. The van der Waals surface area contributed by atoms with Crippen LogP contribution in [0.5, 0.6) is 5.75 Å². The van der Waals surface area contributed by atoms with E-state index < -0.39 is 5.97 Å². The van der Waals surface area contributed by atoms with E-state index in [2.05, 4.69) is 10.6 Å². The van der Waals surface area contributed by atoms with Crippen LogP contribution in [0.2, 0.25) is 5.02 Å². The van der Waals surface area contributed by atoms with Crippen molar-refractivity contribution in [3.63, 3.8) is 0 Å². The number of carbonyl (C=O) groups excluding carboxylic acids is 1. The summed E-state index contributed by atoms with van der Waals surface area (Å²) >= 11 is 5.99. The maximum absolute atomic E-state index is 12.3. The molecule has 0 saturated heterocycles. The molecule has 0 spiro atoms. The van der Waals surface area contributed by atoms with Crippen LogP contribution in [0.3, 0.4) is 0 Å². The first-order chi connectivity index (χ1) is 13.9. The van der Waals surface area contributed by atoms with Gasteiger partial charge in [-0.2, -0.15) is 0 Å². The van der Waals surface area contributed by atoms with E-state index in [1.807, 2.05) is 24.3 Å². The lowest BCUT2D eigenvalue weighted by Crippen LogP contribution is -2.20. The van der Waals surface area contributed by atoms with E-state index in [0.29, 0.717) is 28.1 Å². The van der Waals surface area contributed by atoms with Gasteiger partial charge in [-0.05, 0) is 73.4 Å². The quantitative estimate of drug-likeness (QED) is 0.560. The SMILES string of the molecule is COc1ccc(Cl)cc1NC(=O)Nc1ccc(C2CCC(CC(=O)O)CC2)cc1. The minimum atomic E-state index is -0.711. The largest absolute Gasteiger partial charge is 0.495 e. The number of ether oxygens (including phenoxy) is 1.